The Labute approximate surface area is 109 Å². The van der Waals surface area contributed by atoms with Crippen LogP contribution in [0.25, 0.3) is 0 Å². The van der Waals surface area contributed by atoms with E-state index < -0.39 is 0 Å². The van der Waals surface area contributed by atoms with Crippen LogP contribution in [0.3, 0.4) is 0 Å². The van der Waals surface area contributed by atoms with Gasteiger partial charge in [0.1, 0.15) is 0 Å². The van der Waals surface area contributed by atoms with Crippen LogP contribution in [0.4, 0.5) is 0 Å². The molecule has 0 bridgehead atoms. The summed E-state index contributed by atoms with van der Waals surface area (Å²) >= 11 is 0. The van der Waals surface area contributed by atoms with Gasteiger partial charge in [0, 0.05) is 32.7 Å². The van der Waals surface area contributed by atoms with Gasteiger partial charge in [0.2, 0.25) is 0 Å². The first-order valence-electron chi connectivity index (χ1n) is 5.77. The number of rotatable bonds is 5. The minimum atomic E-state index is 0. The molecule has 0 aliphatic heterocycles. The molecule has 13 heavy (non-hydrogen) atoms. The van der Waals surface area contributed by atoms with Gasteiger partial charge < -0.3 is 6.42 Å². The van der Waals surface area contributed by atoms with E-state index in [1.807, 2.05) is 0 Å². The molecule has 1 radical (unpaired) electrons. The van der Waals surface area contributed by atoms with E-state index >= 15 is 0 Å². The van der Waals surface area contributed by atoms with Crippen LogP contribution in [0.2, 0.25) is 0 Å². The van der Waals surface area contributed by atoms with E-state index in [1.165, 1.54) is 57.8 Å². The summed E-state index contributed by atoms with van der Waals surface area (Å²) in [6.07, 6.45) is 15.6. The minimum absolute atomic E-state index is 0. The first-order chi connectivity index (χ1) is 5.93. The van der Waals surface area contributed by atoms with Crippen molar-refractivity contribution in [1.29, 1.82) is 0 Å². The first-order valence-corrected chi connectivity index (χ1v) is 5.77. The third-order valence-electron chi connectivity index (χ3n) is 2.96. The van der Waals surface area contributed by atoms with Gasteiger partial charge >= 0.3 is 0 Å². The summed E-state index contributed by atoms with van der Waals surface area (Å²) in [5, 5.41) is 0. The van der Waals surface area contributed by atoms with Crippen molar-refractivity contribution in [3.05, 3.63) is 6.42 Å². The van der Waals surface area contributed by atoms with Crippen molar-refractivity contribution < 1.29 is 32.7 Å². The second-order valence-corrected chi connectivity index (χ2v) is 4.13. The van der Waals surface area contributed by atoms with Crippen LogP contribution in [0.5, 0.6) is 0 Å². The molecule has 1 aliphatic rings. The van der Waals surface area contributed by atoms with Crippen LogP contribution in [0.1, 0.15) is 64.7 Å². The normalized spacial score (nSPS) is 22.4. The fourth-order valence-electron chi connectivity index (χ4n) is 2.12. The Kier molecular flexibility index (Phi) is 10.5. The van der Waals surface area contributed by atoms with E-state index in [1.54, 1.807) is 0 Å². The van der Waals surface area contributed by atoms with Crippen LogP contribution < -0.4 is 0 Å². The molecule has 0 heterocycles. The van der Waals surface area contributed by atoms with E-state index in [4.69, 9.17) is 0 Å². The molecule has 0 saturated heterocycles. The van der Waals surface area contributed by atoms with Crippen LogP contribution in [-0.2, 0) is 32.7 Å². The molecule has 0 aromatic rings. The van der Waals surface area contributed by atoms with Crippen molar-refractivity contribution in [3.8, 4) is 0 Å². The SMILES string of the molecule is CCCCCCC1[CH-]CCCC1.[Y]. The van der Waals surface area contributed by atoms with Crippen molar-refractivity contribution in [2.75, 3.05) is 0 Å². The Hall–Kier alpha value is 1.10. The molecule has 1 rings (SSSR count). The molecule has 1 heteroatoms. The monoisotopic (exact) mass is 256 g/mol. The Morgan fingerprint density at radius 2 is 2.00 bits per heavy atom. The standard InChI is InChI=1S/C12H23.Y/c1-2-3-4-6-9-12-10-7-5-8-11-12;/h10,12H,2-9,11H2,1H3;/q-1;. The van der Waals surface area contributed by atoms with E-state index in [-0.39, 0.29) is 32.7 Å². The molecule has 75 valence electrons. The Morgan fingerprint density at radius 1 is 1.15 bits per heavy atom. The predicted octanol–water partition coefficient (Wildman–Crippen LogP) is 4.35. The zero-order chi connectivity index (χ0) is 8.65. The van der Waals surface area contributed by atoms with Crippen LogP contribution >= 0.6 is 0 Å². The molecule has 0 amide bonds. The first kappa shape index (κ1) is 14.1. The molecule has 1 aliphatic carbocycles. The summed E-state index contributed by atoms with van der Waals surface area (Å²) in [6.45, 7) is 2.28. The van der Waals surface area contributed by atoms with Crippen molar-refractivity contribution in [1.82, 2.24) is 0 Å². The third-order valence-corrected chi connectivity index (χ3v) is 2.96. The van der Waals surface area contributed by atoms with E-state index in [2.05, 4.69) is 13.3 Å². The van der Waals surface area contributed by atoms with Gasteiger partial charge in [0.05, 0.1) is 0 Å². The topological polar surface area (TPSA) is 0 Å². The van der Waals surface area contributed by atoms with Crippen molar-refractivity contribution in [2.45, 2.75) is 64.7 Å². The third kappa shape index (κ3) is 7.08. The second-order valence-electron chi connectivity index (χ2n) is 4.13. The largest absolute Gasteiger partial charge is 0.325 e. The summed E-state index contributed by atoms with van der Waals surface area (Å²) < 4.78 is 0. The molecule has 0 aromatic carbocycles. The molecule has 0 nitrogen and oxygen atoms in total. The molecule has 0 aromatic heterocycles. The number of hydrogen-bond donors (Lipinski definition) is 0. The average molecular weight is 256 g/mol. The van der Waals surface area contributed by atoms with Gasteiger partial charge in [-0.15, -0.1) is 0 Å². The smallest absolute Gasteiger partial charge is 0 e. The summed E-state index contributed by atoms with van der Waals surface area (Å²) in [5.74, 6) is 0.982. The predicted molar refractivity (Wildman–Crippen MR) is 55.0 cm³/mol. The van der Waals surface area contributed by atoms with Crippen molar-refractivity contribution >= 4 is 0 Å². The van der Waals surface area contributed by atoms with Crippen LogP contribution in [0.15, 0.2) is 0 Å². The Morgan fingerprint density at radius 3 is 2.62 bits per heavy atom. The van der Waals surface area contributed by atoms with Crippen molar-refractivity contribution in [3.63, 3.8) is 0 Å². The van der Waals surface area contributed by atoms with Gasteiger partial charge in [-0.25, -0.2) is 0 Å². The molecular weight excluding hydrogens is 233 g/mol. The van der Waals surface area contributed by atoms with E-state index in [9.17, 15) is 0 Å². The number of hydrogen-bond acceptors (Lipinski definition) is 0. The average Bonchev–Trinajstić information content (AvgIpc) is 2.14. The second kappa shape index (κ2) is 9.65. The zero-order valence-corrected chi connectivity index (χ0v) is 11.9. The minimum Gasteiger partial charge on any atom is -0.325 e. The van der Waals surface area contributed by atoms with Gasteiger partial charge in [0.15, 0.2) is 0 Å². The summed E-state index contributed by atoms with van der Waals surface area (Å²) in [6, 6.07) is 0. The molecule has 1 unspecified atom stereocenters. The molecule has 0 N–H and O–H groups in total. The molecule has 0 spiro atoms. The molecule has 1 fully saturated rings. The fourth-order valence-corrected chi connectivity index (χ4v) is 2.12. The fraction of sp³-hybridized carbons (Fsp3) is 0.917. The summed E-state index contributed by atoms with van der Waals surface area (Å²) in [5.41, 5.74) is 0. The Balaban J connectivity index is 0.00000144. The van der Waals surface area contributed by atoms with Gasteiger partial charge in [-0.3, -0.25) is 0 Å². The summed E-state index contributed by atoms with van der Waals surface area (Å²) in [7, 11) is 0. The van der Waals surface area contributed by atoms with Crippen LogP contribution in [-0.4, -0.2) is 0 Å². The maximum atomic E-state index is 2.56. The molecule has 1 saturated carbocycles. The van der Waals surface area contributed by atoms with E-state index in [0.717, 1.165) is 5.92 Å². The van der Waals surface area contributed by atoms with Crippen LogP contribution in [0, 0.1) is 12.3 Å². The van der Waals surface area contributed by atoms with Gasteiger partial charge in [-0.2, -0.15) is 12.3 Å². The van der Waals surface area contributed by atoms with Gasteiger partial charge in [0.25, 0.3) is 0 Å². The van der Waals surface area contributed by atoms with E-state index in [0.29, 0.717) is 0 Å². The van der Waals surface area contributed by atoms with Gasteiger partial charge in [-0.1, -0.05) is 58.3 Å². The summed E-state index contributed by atoms with van der Waals surface area (Å²) in [4.78, 5) is 0. The number of unbranched alkanes of at least 4 members (excludes halogenated alkanes) is 3. The molecular formula is C12H23Y-. The zero-order valence-electron chi connectivity index (χ0n) is 9.10. The molecule has 1 atom stereocenters. The quantitative estimate of drug-likeness (QED) is 0.506. The van der Waals surface area contributed by atoms with Gasteiger partial charge in [-0.05, 0) is 0 Å². The maximum absolute atomic E-state index is 2.56. The maximum Gasteiger partial charge on any atom is 0 e. The Bertz CT molecular complexity index is 95.3. The van der Waals surface area contributed by atoms with Crippen molar-refractivity contribution in [2.24, 2.45) is 5.92 Å².